The summed E-state index contributed by atoms with van der Waals surface area (Å²) in [5.74, 6) is 0.798. The molecule has 17 heavy (non-hydrogen) atoms. The molecule has 2 N–H and O–H groups in total. The van der Waals surface area contributed by atoms with E-state index in [1.165, 1.54) is 0 Å². The van der Waals surface area contributed by atoms with Gasteiger partial charge in [-0.1, -0.05) is 18.1 Å². The fourth-order valence-electron chi connectivity index (χ4n) is 2.41. The van der Waals surface area contributed by atoms with Crippen LogP contribution >= 0.6 is 0 Å². The Morgan fingerprint density at radius 2 is 2.18 bits per heavy atom. The Kier molecular flexibility index (Phi) is 3.20. The summed E-state index contributed by atoms with van der Waals surface area (Å²) in [5, 5.41) is 0. The Morgan fingerprint density at radius 3 is 2.65 bits per heavy atom. The maximum absolute atomic E-state index is 12.6. The first-order chi connectivity index (χ1) is 8.13. The van der Waals surface area contributed by atoms with E-state index in [4.69, 9.17) is 10.5 Å². The molecule has 0 spiro atoms. The van der Waals surface area contributed by atoms with Crippen LogP contribution in [0, 0.1) is 12.3 Å². The number of hydrogen-bond acceptors (Lipinski definition) is 3. The fraction of sp³-hybridized carbons (Fsp3) is 0.500. The Morgan fingerprint density at radius 1 is 1.47 bits per heavy atom. The van der Waals surface area contributed by atoms with E-state index in [2.05, 4.69) is 0 Å². The number of rotatable bonds is 4. The first kappa shape index (κ1) is 12.1. The predicted molar refractivity (Wildman–Crippen MR) is 67.4 cm³/mol. The van der Waals surface area contributed by atoms with Crippen LogP contribution in [0.3, 0.4) is 0 Å². The van der Waals surface area contributed by atoms with E-state index < -0.39 is 0 Å². The van der Waals surface area contributed by atoms with Crippen LogP contribution in [0.25, 0.3) is 0 Å². The topological polar surface area (TPSA) is 52.3 Å². The Balaban J connectivity index is 2.39. The minimum Gasteiger partial charge on any atom is -0.496 e. The third-order valence-electron chi connectivity index (χ3n) is 3.78. The van der Waals surface area contributed by atoms with Crippen molar-refractivity contribution in [1.29, 1.82) is 0 Å². The second-order valence-corrected chi connectivity index (χ2v) is 4.87. The molecule has 0 bridgehead atoms. The van der Waals surface area contributed by atoms with Gasteiger partial charge in [-0.3, -0.25) is 4.79 Å². The highest BCUT2D eigenvalue weighted by Gasteiger charge is 2.43. The number of benzene rings is 1. The van der Waals surface area contributed by atoms with Gasteiger partial charge >= 0.3 is 0 Å². The first-order valence-corrected chi connectivity index (χ1v) is 6.02. The zero-order valence-corrected chi connectivity index (χ0v) is 10.5. The van der Waals surface area contributed by atoms with Crippen molar-refractivity contribution in [3.05, 3.63) is 29.3 Å². The molecule has 0 saturated heterocycles. The average Bonchev–Trinajstić information content (AvgIpc) is 2.28. The Hall–Kier alpha value is -1.35. The molecule has 0 unspecified atom stereocenters. The molecule has 3 nitrogen and oxygen atoms in total. The van der Waals surface area contributed by atoms with Crippen LogP contribution in [0.5, 0.6) is 5.75 Å². The summed E-state index contributed by atoms with van der Waals surface area (Å²) >= 11 is 0. The number of carbonyl (C=O) groups excluding carboxylic acids is 1. The standard InChI is InChI=1S/C14H19NO2/c1-10-4-5-12(17-2)11(8-10)13(16)14(9-15)6-3-7-14/h4-5,8H,3,6-7,9,15H2,1-2H3. The summed E-state index contributed by atoms with van der Waals surface area (Å²) in [6, 6.07) is 5.70. The molecule has 0 heterocycles. The lowest BCUT2D eigenvalue weighted by atomic mass is 9.64. The monoisotopic (exact) mass is 233 g/mol. The van der Waals surface area contributed by atoms with Gasteiger partial charge in [0.1, 0.15) is 5.75 Å². The summed E-state index contributed by atoms with van der Waals surface area (Å²) in [6.45, 7) is 2.41. The summed E-state index contributed by atoms with van der Waals surface area (Å²) in [6.07, 6.45) is 2.90. The molecule has 1 aliphatic carbocycles. The summed E-state index contributed by atoms with van der Waals surface area (Å²) < 4.78 is 5.27. The lowest BCUT2D eigenvalue weighted by Gasteiger charge is -2.39. The third kappa shape index (κ3) is 1.95. The average molecular weight is 233 g/mol. The molecule has 1 aliphatic rings. The highest BCUT2D eigenvalue weighted by atomic mass is 16.5. The summed E-state index contributed by atoms with van der Waals surface area (Å²) in [5.41, 5.74) is 7.19. The molecule has 0 aliphatic heterocycles. The molecular weight excluding hydrogens is 214 g/mol. The van der Waals surface area contributed by atoms with Crippen molar-refractivity contribution in [3.8, 4) is 5.75 Å². The van der Waals surface area contributed by atoms with E-state index in [0.717, 1.165) is 24.8 Å². The lowest BCUT2D eigenvalue weighted by Crippen LogP contribution is -2.44. The van der Waals surface area contributed by atoms with Crippen LogP contribution in [0.4, 0.5) is 0 Å². The van der Waals surface area contributed by atoms with Gasteiger partial charge in [0.15, 0.2) is 5.78 Å². The molecular formula is C14H19NO2. The number of nitrogens with two attached hydrogens (primary N) is 1. The highest BCUT2D eigenvalue weighted by Crippen LogP contribution is 2.44. The second kappa shape index (κ2) is 4.49. The van der Waals surface area contributed by atoms with Crippen LogP contribution in [0.2, 0.25) is 0 Å². The van der Waals surface area contributed by atoms with Crippen LogP contribution in [0.1, 0.15) is 35.2 Å². The van der Waals surface area contributed by atoms with Crippen molar-refractivity contribution in [2.45, 2.75) is 26.2 Å². The van der Waals surface area contributed by atoms with Crippen molar-refractivity contribution < 1.29 is 9.53 Å². The van der Waals surface area contributed by atoms with Gasteiger partial charge in [0.05, 0.1) is 12.7 Å². The van der Waals surface area contributed by atoms with Crippen LogP contribution in [0.15, 0.2) is 18.2 Å². The fourth-order valence-corrected chi connectivity index (χ4v) is 2.41. The Labute approximate surface area is 102 Å². The van der Waals surface area contributed by atoms with E-state index in [-0.39, 0.29) is 11.2 Å². The van der Waals surface area contributed by atoms with Crippen molar-refractivity contribution >= 4 is 5.78 Å². The maximum atomic E-state index is 12.6. The predicted octanol–water partition coefficient (Wildman–Crippen LogP) is 2.32. The van der Waals surface area contributed by atoms with E-state index in [1.54, 1.807) is 7.11 Å². The lowest BCUT2D eigenvalue weighted by molar-refractivity contribution is 0.0632. The van der Waals surface area contributed by atoms with Gasteiger partial charge in [-0.15, -0.1) is 0 Å². The number of methoxy groups -OCH3 is 1. The van der Waals surface area contributed by atoms with E-state index >= 15 is 0 Å². The van der Waals surface area contributed by atoms with Gasteiger partial charge < -0.3 is 10.5 Å². The molecule has 1 fully saturated rings. The minimum absolute atomic E-state index is 0.145. The van der Waals surface area contributed by atoms with Gasteiger partial charge in [-0.05, 0) is 31.9 Å². The largest absolute Gasteiger partial charge is 0.496 e. The maximum Gasteiger partial charge on any atom is 0.173 e. The van der Waals surface area contributed by atoms with Crippen molar-refractivity contribution in [2.24, 2.45) is 11.1 Å². The smallest absolute Gasteiger partial charge is 0.173 e. The quantitative estimate of drug-likeness (QED) is 0.812. The van der Waals surface area contributed by atoms with Crippen molar-refractivity contribution in [1.82, 2.24) is 0 Å². The number of hydrogen-bond donors (Lipinski definition) is 1. The molecule has 3 heteroatoms. The number of aryl methyl sites for hydroxylation is 1. The molecule has 0 amide bonds. The first-order valence-electron chi connectivity index (χ1n) is 6.02. The van der Waals surface area contributed by atoms with E-state index in [9.17, 15) is 4.79 Å². The zero-order chi connectivity index (χ0) is 12.5. The number of carbonyl (C=O) groups is 1. The van der Waals surface area contributed by atoms with E-state index in [1.807, 2.05) is 25.1 Å². The van der Waals surface area contributed by atoms with Crippen LogP contribution in [-0.4, -0.2) is 19.4 Å². The summed E-state index contributed by atoms with van der Waals surface area (Å²) in [4.78, 5) is 12.6. The molecule has 1 aromatic carbocycles. The highest BCUT2D eigenvalue weighted by molar-refractivity contribution is 6.03. The Bertz CT molecular complexity index is 430. The number of ether oxygens (including phenoxy) is 1. The van der Waals surface area contributed by atoms with Crippen molar-refractivity contribution in [2.75, 3.05) is 13.7 Å². The third-order valence-corrected chi connectivity index (χ3v) is 3.78. The molecule has 1 saturated carbocycles. The summed E-state index contributed by atoms with van der Waals surface area (Å²) in [7, 11) is 1.59. The number of Topliss-reactive ketones (excluding diaryl/α,β-unsaturated/α-hetero) is 1. The molecule has 0 aromatic heterocycles. The second-order valence-electron chi connectivity index (χ2n) is 4.87. The van der Waals surface area contributed by atoms with Crippen LogP contribution < -0.4 is 10.5 Å². The molecule has 2 rings (SSSR count). The van der Waals surface area contributed by atoms with Crippen LogP contribution in [-0.2, 0) is 0 Å². The number of ketones is 1. The van der Waals surface area contributed by atoms with Gasteiger partial charge in [0, 0.05) is 12.0 Å². The zero-order valence-electron chi connectivity index (χ0n) is 10.5. The molecule has 1 aromatic rings. The van der Waals surface area contributed by atoms with Gasteiger partial charge in [-0.25, -0.2) is 0 Å². The van der Waals surface area contributed by atoms with Gasteiger partial charge in [-0.2, -0.15) is 0 Å². The molecule has 92 valence electrons. The van der Waals surface area contributed by atoms with Crippen molar-refractivity contribution in [3.63, 3.8) is 0 Å². The van der Waals surface area contributed by atoms with E-state index in [0.29, 0.717) is 17.9 Å². The normalized spacial score (nSPS) is 17.4. The molecule has 0 atom stereocenters. The molecule has 0 radical (unpaired) electrons. The minimum atomic E-state index is -0.332. The van der Waals surface area contributed by atoms with Gasteiger partial charge in [0.2, 0.25) is 0 Å². The SMILES string of the molecule is COc1ccc(C)cc1C(=O)C1(CN)CCC1. The van der Waals surface area contributed by atoms with Gasteiger partial charge in [0.25, 0.3) is 0 Å².